The van der Waals surface area contributed by atoms with Crippen LogP contribution >= 0.6 is 22.6 Å². The lowest BCUT2D eigenvalue weighted by Gasteiger charge is -2.38. The lowest BCUT2D eigenvalue weighted by Crippen LogP contribution is -2.51. The molecule has 19 nitrogen and oxygen atoms in total. The van der Waals surface area contributed by atoms with Crippen LogP contribution in [-0.2, 0) is 42.9 Å². The van der Waals surface area contributed by atoms with E-state index in [4.69, 9.17) is 33.4 Å². The fourth-order valence-electron chi connectivity index (χ4n) is 9.76. The Balaban J connectivity index is 1.40. The minimum absolute atomic E-state index is 0.0243. The van der Waals surface area contributed by atoms with E-state index >= 15 is 0 Å². The maximum atomic E-state index is 14.9. The van der Waals surface area contributed by atoms with Gasteiger partial charge in [-0.15, -0.1) is 0 Å². The van der Waals surface area contributed by atoms with Gasteiger partial charge in [-0.05, 0) is 26.8 Å². The number of alkyl halides is 1. The molecule has 1 fully saturated rings. The number of Topliss-reactive ketones (excluding diaryl/α,β-unsaturated/α-hetero) is 2. The van der Waals surface area contributed by atoms with Crippen LogP contribution in [0.3, 0.4) is 0 Å². The van der Waals surface area contributed by atoms with Gasteiger partial charge < -0.3 is 59.3 Å². The molecule has 5 bridgehead atoms. The molecule has 71 heavy (non-hydrogen) atoms. The molecule has 1 spiro atoms. The molecule has 7 rings (SSSR count). The molecule has 1 aromatic rings. The third-order valence-electron chi connectivity index (χ3n) is 14.0. The first kappa shape index (κ1) is 55.2. The van der Waals surface area contributed by atoms with Gasteiger partial charge in [-0.25, -0.2) is 0 Å². The van der Waals surface area contributed by atoms with Crippen molar-refractivity contribution in [2.75, 3.05) is 40.0 Å². The number of aliphatic hydroxyl groups excluding tert-OH is 2. The number of allylic oxidation sites excluding steroid dienone is 4. The summed E-state index contributed by atoms with van der Waals surface area (Å²) in [6.07, 6.45) is 2.86. The van der Waals surface area contributed by atoms with Crippen molar-refractivity contribution in [3.63, 3.8) is 0 Å². The van der Waals surface area contributed by atoms with Crippen molar-refractivity contribution in [1.29, 1.82) is 0 Å². The lowest BCUT2D eigenvalue weighted by atomic mass is 9.78. The van der Waals surface area contributed by atoms with Gasteiger partial charge >= 0.3 is 23.7 Å². The number of aliphatic imine (C=N–C) groups is 1. The Morgan fingerprint density at radius 3 is 2.28 bits per heavy atom. The van der Waals surface area contributed by atoms with E-state index in [0.29, 0.717) is 29.9 Å². The average Bonchev–Trinajstić information content (AvgIpc) is 3.82. The van der Waals surface area contributed by atoms with Gasteiger partial charge in [-0.2, -0.15) is 0 Å². The second-order valence-corrected chi connectivity index (χ2v) is 21.4. The molecule has 1 amide bonds. The van der Waals surface area contributed by atoms with Gasteiger partial charge in [0.15, 0.2) is 0 Å². The van der Waals surface area contributed by atoms with E-state index in [0.717, 1.165) is 6.54 Å². The predicted octanol–water partition coefficient (Wildman–Crippen LogP) is 4.65. The standard InChI is InChI=1S/C51H67IN4O15/c1-11-67-33(57)16-21-68-34(58)23-35(59)70-46-28(5)32(66-10)15-22-69-50(9)48(64)38-36-37(44(62)31(8)47(38)71-50)45(63)41(40-39(36)54-51(55-40)17-19-56(20-18-51)24-27(4)52)53-49(65)26(3)14-12-13-25(2)42(60)29(6)43(61)30(46)7/h12-15,22,25,27-30,32,42-43,46,55,60-62H,11,16-21,23-24H2,1-10H3,(H,53,65)/b13-12+,22-15+,26-14-/t25-,27?,28+,29+,30+,32-,42-,43+,46+,50-/m0/s1. The molecule has 10 atom stereocenters. The Bertz CT molecular complexity index is 2440. The Morgan fingerprint density at radius 2 is 1.63 bits per heavy atom. The highest BCUT2D eigenvalue weighted by Crippen LogP contribution is 2.50. The summed E-state index contributed by atoms with van der Waals surface area (Å²) in [5, 5.41) is 41.5. The van der Waals surface area contributed by atoms with Crippen LogP contribution in [0.1, 0.15) is 113 Å². The summed E-state index contributed by atoms with van der Waals surface area (Å²) >= 11 is 2.39. The zero-order valence-electron chi connectivity index (χ0n) is 42.0. The number of esters is 3. The summed E-state index contributed by atoms with van der Waals surface area (Å²) in [6, 6.07) is 0. The molecule has 0 saturated carbocycles. The number of halogens is 1. The highest BCUT2D eigenvalue weighted by molar-refractivity contribution is 14.1. The number of methoxy groups -OCH3 is 1. The van der Waals surface area contributed by atoms with Crippen molar-refractivity contribution in [3.05, 3.63) is 69.8 Å². The first-order valence-electron chi connectivity index (χ1n) is 24.1. The molecule has 6 aliphatic rings. The molecular weight excluding hydrogens is 1040 g/mol. The minimum atomic E-state index is -2.06. The van der Waals surface area contributed by atoms with Crippen LogP contribution < -0.4 is 15.4 Å². The average molecular weight is 1100 g/mol. The minimum Gasteiger partial charge on any atom is -0.507 e. The highest BCUT2D eigenvalue weighted by Gasteiger charge is 2.54. The van der Waals surface area contributed by atoms with E-state index in [1.165, 1.54) is 39.4 Å². The molecule has 5 aliphatic heterocycles. The number of phenolic OH excluding ortho intramolecular Hbond substituents is 1. The molecule has 0 radical (unpaired) electrons. The van der Waals surface area contributed by atoms with Crippen LogP contribution in [0.15, 0.2) is 52.5 Å². The quantitative estimate of drug-likeness (QED) is 0.0703. The number of hydrogen-bond donors (Lipinski definition) is 5. The SMILES string of the molecule is CCOC(=O)CCOC(=O)CC(=O)O[C@H]1[C@H](C)[C@H](O)[C@H](C)[C@@H](O)[C@@H](C)/C=C/C=C(/C)C(=O)NC2=C3NC4(CCN(CC(C)I)CC4)N=C3c3c(c(O)c(C)c4c3C(=O)[C@@](C)(O/C=C/[C@H](OC)[C@H]1C)O4)C2=O. The lowest BCUT2D eigenvalue weighted by molar-refractivity contribution is -0.167. The topological polar surface area (TPSA) is 258 Å². The molecule has 1 saturated heterocycles. The van der Waals surface area contributed by atoms with Crippen molar-refractivity contribution in [1.82, 2.24) is 15.5 Å². The summed E-state index contributed by atoms with van der Waals surface area (Å²) in [5.41, 5.74) is -0.603. The monoisotopic (exact) mass is 1100 g/mol. The molecule has 388 valence electrons. The van der Waals surface area contributed by atoms with E-state index in [9.17, 15) is 44.1 Å². The number of ether oxygens (including phenoxy) is 6. The summed E-state index contributed by atoms with van der Waals surface area (Å²) in [7, 11) is 1.39. The van der Waals surface area contributed by atoms with Crippen LogP contribution in [-0.4, -0.2) is 141 Å². The van der Waals surface area contributed by atoms with Gasteiger partial charge in [-0.1, -0.05) is 75.4 Å². The number of aliphatic hydroxyl groups is 2. The Hall–Kier alpha value is -5.16. The molecule has 1 aromatic carbocycles. The van der Waals surface area contributed by atoms with Crippen molar-refractivity contribution in [2.24, 2.45) is 28.7 Å². The van der Waals surface area contributed by atoms with E-state index in [-0.39, 0.29) is 70.3 Å². The number of carbonyl (C=O) groups is 6. The molecule has 20 heteroatoms. The fourth-order valence-corrected chi connectivity index (χ4v) is 10.3. The van der Waals surface area contributed by atoms with Crippen LogP contribution in [0.25, 0.3) is 0 Å². The third-order valence-corrected chi connectivity index (χ3v) is 14.4. The number of fused-ring (bicyclic) bond motifs is 13. The Labute approximate surface area is 427 Å². The zero-order chi connectivity index (χ0) is 52.3. The van der Waals surface area contributed by atoms with Crippen LogP contribution in [0.4, 0.5) is 0 Å². The maximum Gasteiger partial charge on any atom is 0.317 e. The second kappa shape index (κ2) is 22.7. The summed E-state index contributed by atoms with van der Waals surface area (Å²) in [6.45, 7) is 16.9. The van der Waals surface area contributed by atoms with Crippen molar-refractivity contribution in [3.8, 4) is 11.5 Å². The highest BCUT2D eigenvalue weighted by atomic mass is 127. The summed E-state index contributed by atoms with van der Waals surface area (Å²) in [5.74, 6) is -10.2. The van der Waals surface area contributed by atoms with Crippen molar-refractivity contribution >= 4 is 63.7 Å². The van der Waals surface area contributed by atoms with Gasteiger partial charge in [0, 0.05) is 90.8 Å². The molecule has 1 unspecified atom stereocenters. The summed E-state index contributed by atoms with van der Waals surface area (Å²) < 4.78 is 34.5. The number of nitrogens with one attached hydrogen (secondary N) is 2. The van der Waals surface area contributed by atoms with Gasteiger partial charge in [0.2, 0.25) is 5.78 Å². The Kier molecular flexibility index (Phi) is 17.7. The first-order chi connectivity index (χ1) is 33.5. The summed E-state index contributed by atoms with van der Waals surface area (Å²) in [4.78, 5) is 89.0. The predicted molar refractivity (Wildman–Crippen MR) is 267 cm³/mol. The number of ketones is 2. The van der Waals surface area contributed by atoms with E-state index in [2.05, 4.69) is 45.0 Å². The normalized spacial score (nSPS) is 30.9. The van der Waals surface area contributed by atoms with E-state index < -0.39 is 107 Å². The molecule has 5 N–H and O–H groups in total. The smallest absolute Gasteiger partial charge is 0.317 e. The largest absolute Gasteiger partial charge is 0.507 e. The number of benzene rings is 1. The molecular formula is C51H67IN4O15. The van der Waals surface area contributed by atoms with Gasteiger partial charge in [0.05, 0.1) is 60.1 Å². The fraction of sp³-hybridized carbons (Fsp3) is 0.588. The van der Waals surface area contributed by atoms with Gasteiger partial charge in [-0.3, -0.25) is 33.8 Å². The number of phenols is 1. The van der Waals surface area contributed by atoms with E-state index in [1.54, 1.807) is 53.7 Å². The Morgan fingerprint density at radius 1 is 0.944 bits per heavy atom. The van der Waals surface area contributed by atoms with Crippen molar-refractivity contribution in [2.45, 2.75) is 128 Å². The number of hydrogen-bond acceptors (Lipinski definition) is 18. The molecule has 5 heterocycles. The first-order valence-corrected chi connectivity index (χ1v) is 25.3. The second-order valence-electron chi connectivity index (χ2n) is 19.2. The van der Waals surface area contributed by atoms with Gasteiger partial charge in [0.1, 0.15) is 42.0 Å². The van der Waals surface area contributed by atoms with Crippen LogP contribution in [0.2, 0.25) is 0 Å². The van der Waals surface area contributed by atoms with E-state index in [1.807, 2.05) is 0 Å². The number of likely N-dealkylation sites (tertiary alicyclic amines) is 1. The van der Waals surface area contributed by atoms with Gasteiger partial charge in [0.25, 0.3) is 11.7 Å². The number of nitrogens with zero attached hydrogens (tertiary/aromatic N) is 2. The number of piperidine rings is 1. The number of carbonyl (C=O) groups excluding carboxylic acids is 6. The maximum absolute atomic E-state index is 14.9. The van der Waals surface area contributed by atoms with Crippen LogP contribution in [0.5, 0.6) is 11.5 Å². The molecule has 0 aromatic heterocycles. The number of aromatic hydroxyl groups is 1. The van der Waals surface area contributed by atoms with Crippen molar-refractivity contribution < 1.29 is 72.5 Å². The van der Waals surface area contributed by atoms with Crippen LogP contribution in [0, 0.1) is 30.6 Å². The molecule has 1 aliphatic carbocycles. The number of rotatable bonds is 10. The zero-order valence-corrected chi connectivity index (χ0v) is 44.1. The third kappa shape index (κ3) is 11.7. The number of amides is 1.